The summed E-state index contributed by atoms with van der Waals surface area (Å²) in [5, 5.41) is 14.0. The van der Waals surface area contributed by atoms with Crippen LogP contribution in [0.15, 0.2) is 6.33 Å². The van der Waals surface area contributed by atoms with E-state index in [0.29, 0.717) is 6.42 Å². The number of rotatable bonds is 5. The van der Waals surface area contributed by atoms with E-state index in [1.807, 2.05) is 11.6 Å². The first-order chi connectivity index (χ1) is 7.42. The number of thioether (sulfide) groups is 1. The molecule has 0 saturated heterocycles. The van der Waals surface area contributed by atoms with Crippen LogP contribution in [0.4, 0.5) is 0 Å². The van der Waals surface area contributed by atoms with Gasteiger partial charge in [-0.05, 0) is 6.92 Å². The van der Waals surface area contributed by atoms with Crippen molar-refractivity contribution in [3.63, 3.8) is 0 Å². The first-order valence-electron chi connectivity index (χ1n) is 5.61. The number of aliphatic hydroxyl groups is 1. The van der Waals surface area contributed by atoms with Crippen LogP contribution >= 0.6 is 11.8 Å². The second-order valence-electron chi connectivity index (χ2n) is 4.77. The van der Waals surface area contributed by atoms with Crippen LogP contribution in [0.1, 0.15) is 33.5 Å². The number of nitrogens with zero attached hydrogens (tertiary/aromatic N) is 3. The monoisotopic (exact) mass is 243 g/mol. The molecule has 0 aliphatic rings. The molecule has 0 fully saturated rings. The fraction of sp³-hybridized carbons (Fsp3) is 0.818. The summed E-state index contributed by atoms with van der Waals surface area (Å²) in [4.78, 5) is 4.15. The minimum absolute atomic E-state index is 0.194. The Hall–Kier alpha value is -0.550. The number of hydrogen-bond acceptors (Lipinski definition) is 4. The standard InChI is InChI=1S/C11H21N3OS/c1-5-14-10(12-8-13-14)6-9(15)7-16-11(2,3)4/h8-9,15H,5-7H2,1-4H3. The molecule has 5 heteroatoms. The number of hydrogen-bond donors (Lipinski definition) is 1. The molecule has 0 bridgehead atoms. The molecule has 1 aromatic rings. The predicted octanol–water partition coefficient (Wildman–Crippen LogP) is 1.73. The topological polar surface area (TPSA) is 50.9 Å². The highest BCUT2D eigenvalue weighted by Crippen LogP contribution is 2.24. The maximum Gasteiger partial charge on any atom is 0.138 e. The Labute approximate surface area is 101 Å². The van der Waals surface area contributed by atoms with E-state index in [1.54, 1.807) is 18.1 Å². The maximum atomic E-state index is 9.90. The summed E-state index contributed by atoms with van der Waals surface area (Å²) in [5.74, 6) is 1.60. The summed E-state index contributed by atoms with van der Waals surface area (Å²) in [6.07, 6.45) is 1.78. The first-order valence-corrected chi connectivity index (χ1v) is 6.59. The second kappa shape index (κ2) is 5.68. The summed E-state index contributed by atoms with van der Waals surface area (Å²) in [6.45, 7) is 9.28. The molecule has 1 aromatic heterocycles. The lowest BCUT2D eigenvalue weighted by molar-refractivity contribution is 0.195. The molecule has 1 heterocycles. The van der Waals surface area contributed by atoms with Gasteiger partial charge >= 0.3 is 0 Å². The smallest absolute Gasteiger partial charge is 0.138 e. The molecule has 0 spiro atoms. The summed E-state index contributed by atoms with van der Waals surface area (Å²) in [5.41, 5.74) is 0. The molecule has 0 saturated carbocycles. The van der Waals surface area contributed by atoms with Crippen LogP contribution in [0.3, 0.4) is 0 Å². The minimum atomic E-state index is -0.348. The van der Waals surface area contributed by atoms with Gasteiger partial charge in [0.25, 0.3) is 0 Å². The molecule has 1 N–H and O–H groups in total. The maximum absolute atomic E-state index is 9.90. The van der Waals surface area contributed by atoms with Gasteiger partial charge in [0.1, 0.15) is 12.2 Å². The molecule has 4 nitrogen and oxygen atoms in total. The highest BCUT2D eigenvalue weighted by Gasteiger charge is 2.16. The van der Waals surface area contributed by atoms with E-state index in [-0.39, 0.29) is 10.9 Å². The van der Waals surface area contributed by atoms with Gasteiger partial charge in [0.2, 0.25) is 0 Å². The largest absolute Gasteiger partial charge is 0.392 e. The fourth-order valence-electron chi connectivity index (χ4n) is 1.33. The Bertz CT molecular complexity index is 319. The summed E-state index contributed by atoms with van der Waals surface area (Å²) in [6, 6.07) is 0. The van der Waals surface area contributed by atoms with Gasteiger partial charge in [0.05, 0.1) is 6.10 Å². The fourth-order valence-corrected chi connectivity index (χ4v) is 2.14. The molecule has 0 radical (unpaired) electrons. The van der Waals surface area contributed by atoms with Crippen LogP contribution in [0.5, 0.6) is 0 Å². The highest BCUT2D eigenvalue weighted by atomic mass is 32.2. The van der Waals surface area contributed by atoms with Crippen molar-refractivity contribution in [2.45, 2.75) is 51.5 Å². The van der Waals surface area contributed by atoms with Crippen molar-refractivity contribution >= 4 is 11.8 Å². The van der Waals surface area contributed by atoms with E-state index in [9.17, 15) is 5.11 Å². The van der Waals surface area contributed by atoms with Gasteiger partial charge in [-0.2, -0.15) is 16.9 Å². The van der Waals surface area contributed by atoms with Gasteiger partial charge < -0.3 is 5.11 Å². The van der Waals surface area contributed by atoms with Crippen molar-refractivity contribution < 1.29 is 5.11 Å². The zero-order valence-corrected chi connectivity index (χ0v) is 11.3. The molecule has 16 heavy (non-hydrogen) atoms. The van der Waals surface area contributed by atoms with Crippen LogP contribution in [0.25, 0.3) is 0 Å². The summed E-state index contributed by atoms with van der Waals surface area (Å²) in [7, 11) is 0. The van der Waals surface area contributed by atoms with Crippen LogP contribution in [-0.2, 0) is 13.0 Å². The quantitative estimate of drug-likeness (QED) is 0.855. The third-order valence-corrected chi connectivity index (χ3v) is 3.54. The van der Waals surface area contributed by atoms with Crippen molar-refractivity contribution in [3.05, 3.63) is 12.2 Å². The Morgan fingerprint density at radius 3 is 2.75 bits per heavy atom. The normalized spacial score (nSPS) is 14.1. The first kappa shape index (κ1) is 13.5. The highest BCUT2D eigenvalue weighted by molar-refractivity contribution is 8.00. The van der Waals surface area contributed by atoms with Crippen molar-refractivity contribution in [2.75, 3.05) is 5.75 Å². The Morgan fingerprint density at radius 1 is 1.50 bits per heavy atom. The lowest BCUT2D eigenvalue weighted by atomic mass is 10.2. The van der Waals surface area contributed by atoms with Crippen molar-refractivity contribution in [1.29, 1.82) is 0 Å². The lowest BCUT2D eigenvalue weighted by Crippen LogP contribution is -2.21. The molecular formula is C11H21N3OS. The molecule has 92 valence electrons. The third-order valence-electron chi connectivity index (χ3n) is 2.12. The van der Waals surface area contributed by atoms with E-state index in [4.69, 9.17) is 0 Å². The van der Waals surface area contributed by atoms with E-state index in [1.165, 1.54) is 0 Å². The molecule has 1 unspecified atom stereocenters. The molecule has 1 atom stereocenters. The third kappa shape index (κ3) is 4.53. The Kier molecular flexibility index (Phi) is 4.80. The van der Waals surface area contributed by atoms with E-state index < -0.39 is 0 Å². The van der Waals surface area contributed by atoms with Crippen LogP contribution in [-0.4, -0.2) is 36.5 Å². The summed E-state index contributed by atoms with van der Waals surface area (Å²) >= 11 is 1.77. The minimum Gasteiger partial charge on any atom is -0.392 e. The molecule has 0 aliphatic carbocycles. The van der Waals surface area contributed by atoms with Crippen LogP contribution in [0, 0.1) is 0 Å². The number of aryl methyl sites for hydroxylation is 1. The van der Waals surface area contributed by atoms with Gasteiger partial charge in [-0.15, -0.1) is 0 Å². The molecule has 1 rings (SSSR count). The predicted molar refractivity (Wildman–Crippen MR) is 67.6 cm³/mol. The van der Waals surface area contributed by atoms with Crippen molar-refractivity contribution in [3.8, 4) is 0 Å². The van der Waals surface area contributed by atoms with Gasteiger partial charge in [-0.3, -0.25) is 4.68 Å². The van der Waals surface area contributed by atoms with Gasteiger partial charge in [-0.1, -0.05) is 20.8 Å². The SMILES string of the molecule is CCn1ncnc1CC(O)CSC(C)(C)C. The number of aliphatic hydroxyl groups excluding tert-OH is 1. The van der Waals surface area contributed by atoms with E-state index >= 15 is 0 Å². The second-order valence-corrected chi connectivity index (χ2v) is 6.62. The molecule has 0 aliphatic heterocycles. The average Bonchev–Trinajstić information content (AvgIpc) is 2.61. The van der Waals surface area contributed by atoms with Crippen LogP contribution in [0.2, 0.25) is 0 Å². The number of aromatic nitrogens is 3. The van der Waals surface area contributed by atoms with Gasteiger partial charge in [0.15, 0.2) is 0 Å². The Morgan fingerprint density at radius 2 is 2.19 bits per heavy atom. The molecule has 0 aromatic carbocycles. The molecular weight excluding hydrogens is 222 g/mol. The Balaban J connectivity index is 2.42. The zero-order valence-electron chi connectivity index (χ0n) is 10.5. The van der Waals surface area contributed by atoms with E-state index in [0.717, 1.165) is 18.1 Å². The van der Waals surface area contributed by atoms with Crippen molar-refractivity contribution in [1.82, 2.24) is 14.8 Å². The van der Waals surface area contributed by atoms with E-state index in [2.05, 4.69) is 30.9 Å². The lowest BCUT2D eigenvalue weighted by Gasteiger charge is -2.19. The van der Waals surface area contributed by atoms with Crippen molar-refractivity contribution in [2.24, 2.45) is 0 Å². The average molecular weight is 243 g/mol. The van der Waals surface area contributed by atoms with Gasteiger partial charge in [-0.25, -0.2) is 4.98 Å². The van der Waals surface area contributed by atoms with Gasteiger partial charge in [0, 0.05) is 23.5 Å². The van der Waals surface area contributed by atoms with Crippen LogP contribution < -0.4 is 0 Å². The molecule has 0 amide bonds. The zero-order chi connectivity index (χ0) is 12.2. The summed E-state index contributed by atoms with van der Waals surface area (Å²) < 4.78 is 2.02.